The number of unbranched alkanes of at least 4 members (excludes halogenated alkanes) is 1. The molecule has 0 aliphatic carbocycles. The SMILES string of the molecule is O=C(/C=C/CCC[C@@H](OC(=O)Nc1cccc2ccccc12)c1ccc(O)c(F)c1)NO. The first-order chi connectivity index (χ1) is 15.5. The zero-order chi connectivity index (χ0) is 22.9. The van der Waals surface area contributed by atoms with E-state index < -0.39 is 29.7 Å². The van der Waals surface area contributed by atoms with Crippen molar-refractivity contribution in [3.05, 3.63) is 84.2 Å². The van der Waals surface area contributed by atoms with E-state index in [2.05, 4.69) is 5.32 Å². The Labute approximate surface area is 184 Å². The molecule has 4 N–H and O–H groups in total. The van der Waals surface area contributed by atoms with Gasteiger partial charge in [-0.05, 0) is 48.4 Å². The molecule has 2 amide bonds. The first-order valence-electron chi connectivity index (χ1n) is 10.0. The molecule has 0 aliphatic rings. The van der Waals surface area contributed by atoms with Crippen LogP contribution in [-0.4, -0.2) is 22.3 Å². The molecule has 0 saturated heterocycles. The molecule has 8 heteroatoms. The predicted molar refractivity (Wildman–Crippen MR) is 118 cm³/mol. The summed E-state index contributed by atoms with van der Waals surface area (Å²) >= 11 is 0. The fourth-order valence-corrected chi connectivity index (χ4v) is 3.27. The third kappa shape index (κ3) is 6.05. The van der Waals surface area contributed by atoms with Gasteiger partial charge in [0.25, 0.3) is 5.91 Å². The molecular formula is C24H23FN2O5. The molecule has 0 bridgehead atoms. The maximum Gasteiger partial charge on any atom is 0.412 e. The summed E-state index contributed by atoms with van der Waals surface area (Å²) in [6.45, 7) is 0. The number of amides is 2. The number of phenolic OH excluding ortho intramolecular Hbond substituents is 1. The normalized spacial score (nSPS) is 11.9. The molecule has 166 valence electrons. The van der Waals surface area contributed by atoms with Gasteiger partial charge in [0.2, 0.25) is 0 Å². The molecule has 32 heavy (non-hydrogen) atoms. The molecule has 1 atom stereocenters. The number of aromatic hydroxyl groups is 1. The standard InChI is InChI=1S/C24H23FN2O5/c25-19-15-17(13-14-21(19)28)22(11-2-1-3-12-23(29)27-31)32-24(30)26-20-10-6-8-16-7-4-5-9-18(16)20/h3-10,12-15,22,28,31H,1-2,11H2,(H,26,30)(H,27,29)/b12-3+/t22-/m1/s1. The van der Waals surface area contributed by atoms with E-state index in [1.807, 2.05) is 36.4 Å². The quantitative estimate of drug-likeness (QED) is 0.167. The largest absolute Gasteiger partial charge is 0.505 e. The van der Waals surface area contributed by atoms with Crippen molar-refractivity contribution in [1.82, 2.24) is 5.48 Å². The van der Waals surface area contributed by atoms with Gasteiger partial charge < -0.3 is 9.84 Å². The van der Waals surface area contributed by atoms with Crippen LogP contribution >= 0.6 is 0 Å². The Kier molecular flexibility index (Phi) is 7.77. The van der Waals surface area contributed by atoms with Gasteiger partial charge in [0, 0.05) is 11.5 Å². The summed E-state index contributed by atoms with van der Waals surface area (Å²) in [5.74, 6) is -1.95. The van der Waals surface area contributed by atoms with Gasteiger partial charge >= 0.3 is 6.09 Å². The summed E-state index contributed by atoms with van der Waals surface area (Å²) in [6.07, 6.45) is 2.61. The van der Waals surface area contributed by atoms with Crippen molar-refractivity contribution in [1.29, 1.82) is 0 Å². The van der Waals surface area contributed by atoms with Crippen molar-refractivity contribution in [2.24, 2.45) is 0 Å². The highest BCUT2D eigenvalue weighted by Gasteiger charge is 2.19. The molecule has 0 radical (unpaired) electrons. The maximum atomic E-state index is 13.9. The second-order valence-electron chi connectivity index (χ2n) is 7.07. The van der Waals surface area contributed by atoms with Gasteiger partial charge in [-0.15, -0.1) is 0 Å². The highest BCUT2D eigenvalue weighted by Crippen LogP contribution is 2.29. The van der Waals surface area contributed by atoms with Gasteiger partial charge in [-0.1, -0.05) is 48.5 Å². The fourth-order valence-electron chi connectivity index (χ4n) is 3.27. The molecule has 0 heterocycles. The van der Waals surface area contributed by atoms with Crippen molar-refractivity contribution in [2.45, 2.75) is 25.4 Å². The molecule has 3 aromatic rings. The maximum absolute atomic E-state index is 13.9. The van der Waals surface area contributed by atoms with E-state index in [4.69, 9.17) is 9.94 Å². The Morgan fingerprint density at radius 3 is 2.66 bits per heavy atom. The number of nitrogens with one attached hydrogen (secondary N) is 2. The van der Waals surface area contributed by atoms with Gasteiger partial charge in [0.05, 0.1) is 5.69 Å². The number of halogens is 1. The van der Waals surface area contributed by atoms with E-state index in [0.29, 0.717) is 30.5 Å². The lowest BCUT2D eigenvalue weighted by Crippen LogP contribution is -2.18. The number of allylic oxidation sites excluding steroid dienone is 1. The Hall–Kier alpha value is -3.91. The van der Waals surface area contributed by atoms with Crippen LogP contribution in [0.1, 0.15) is 30.9 Å². The average Bonchev–Trinajstić information content (AvgIpc) is 2.80. The lowest BCUT2D eigenvalue weighted by Gasteiger charge is -2.19. The van der Waals surface area contributed by atoms with Gasteiger partial charge in [0.15, 0.2) is 11.6 Å². The molecule has 0 spiro atoms. The van der Waals surface area contributed by atoms with Crippen LogP contribution in [0.25, 0.3) is 10.8 Å². The molecular weight excluding hydrogens is 415 g/mol. The molecule has 0 unspecified atom stereocenters. The van der Waals surface area contributed by atoms with Crippen LogP contribution in [0.2, 0.25) is 0 Å². The van der Waals surface area contributed by atoms with Crippen molar-refractivity contribution < 1.29 is 29.0 Å². The lowest BCUT2D eigenvalue weighted by atomic mass is 10.0. The monoisotopic (exact) mass is 438 g/mol. The van der Waals surface area contributed by atoms with E-state index in [1.165, 1.54) is 23.7 Å². The van der Waals surface area contributed by atoms with Gasteiger partial charge in [-0.3, -0.25) is 15.3 Å². The van der Waals surface area contributed by atoms with Crippen molar-refractivity contribution in [2.75, 3.05) is 5.32 Å². The van der Waals surface area contributed by atoms with E-state index in [1.54, 1.807) is 12.1 Å². The van der Waals surface area contributed by atoms with Crippen LogP contribution in [0.15, 0.2) is 72.8 Å². The summed E-state index contributed by atoms with van der Waals surface area (Å²) in [6, 6.07) is 16.9. The molecule has 7 nitrogen and oxygen atoms in total. The summed E-state index contributed by atoms with van der Waals surface area (Å²) in [4.78, 5) is 23.7. The van der Waals surface area contributed by atoms with E-state index in [-0.39, 0.29) is 0 Å². The zero-order valence-electron chi connectivity index (χ0n) is 17.1. The summed E-state index contributed by atoms with van der Waals surface area (Å²) in [5.41, 5.74) is 2.47. The number of anilines is 1. The van der Waals surface area contributed by atoms with Gasteiger partial charge in [-0.25, -0.2) is 14.7 Å². The van der Waals surface area contributed by atoms with Crippen LogP contribution in [-0.2, 0) is 9.53 Å². The molecule has 0 aliphatic heterocycles. The van der Waals surface area contributed by atoms with Crippen molar-refractivity contribution in [3.63, 3.8) is 0 Å². The third-order valence-corrected chi connectivity index (χ3v) is 4.84. The number of carbonyl (C=O) groups excluding carboxylic acids is 2. The van der Waals surface area contributed by atoms with Crippen LogP contribution in [0.4, 0.5) is 14.9 Å². The van der Waals surface area contributed by atoms with Crippen molar-refractivity contribution >= 4 is 28.5 Å². The minimum atomic E-state index is -0.815. The van der Waals surface area contributed by atoms with Crippen LogP contribution < -0.4 is 10.8 Å². The number of rotatable bonds is 8. The smallest absolute Gasteiger partial charge is 0.412 e. The third-order valence-electron chi connectivity index (χ3n) is 4.84. The number of hydroxylamine groups is 1. The lowest BCUT2D eigenvalue weighted by molar-refractivity contribution is -0.124. The number of hydrogen-bond acceptors (Lipinski definition) is 5. The zero-order valence-corrected chi connectivity index (χ0v) is 17.1. The summed E-state index contributed by atoms with van der Waals surface area (Å²) in [7, 11) is 0. The average molecular weight is 438 g/mol. The minimum Gasteiger partial charge on any atom is -0.505 e. The number of fused-ring (bicyclic) bond motifs is 1. The number of hydrogen-bond donors (Lipinski definition) is 4. The predicted octanol–water partition coefficient (Wildman–Crippen LogP) is 5.21. The fraction of sp³-hybridized carbons (Fsp3) is 0.167. The topological polar surface area (TPSA) is 108 Å². The highest BCUT2D eigenvalue weighted by atomic mass is 19.1. The second-order valence-corrected chi connectivity index (χ2v) is 7.07. The Morgan fingerprint density at radius 1 is 1.09 bits per heavy atom. The highest BCUT2D eigenvalue weighted by molar-refractivity contribution is 6.00. The second kappa shape index (κ2) is 10.9. The van der Waals surface area contributed by atoms with Crippen molar-refractivity contribution in [3.8, 4) is 5.75 Å². The molecule has 3 rings (SSSR count). The summed E-state index contributed by atoms with van der Waals surface area (Å²) < 4.78 is 19.5. The van der Waals surface area contributed by atoms with E-state index in [0.717, 1.165) is 16.8 Å². The number of carbonyl (C=O) groups is 2. The van der Waals surface area contributed by atoms with Gasteiger partial charge in [-0.2, -0.15) is 0 Å². The molecule has 3 aromatic carbocycles. The summed E-state index contributed by atoms with van der Waals surface area (Å²) in [5, 5.41) is 22.5. The number of ether oxygens (including phenoxy) is 1. The van der Waals surface area contributed by atoms with Gasteiger partial charge in [0.1, 0.15) is 6.10 Å². The number of phenols is 1. The van der Waals surface area contributed by atoms with E-state index in [9.17, 15) is 19.1 Å². The number of benzene rings is 3. The Bertz CT molecular complexity index is 1130. The van der Waals surface area contributed by atoms with E-state index >= 15 is 0 Å². The van der Waals surface area contributed by atoms with Crippen LogP contribution in [0, 0.1) is 5.82 Å². The van der Waals surface area contributed by atoms with Crippen LogP contribution in [0.5, 0.6) is 5.75 Å². The Morgan fingerprint density at radius 2 is 1.88 bits per heavy atom. The molecule has 0 fully saturated rings. The minimum absolute atomic E-state index is 0.345. The Balaban J connectivity index is 1.72. The van der Waals surface area contributed by atoms with Crippen LogP contribution in [0.3, 0.4) is 0 Å². The first kappa shape index (κ1) is 22.8. The molecule has 0 aromatic heterocycles. The molecule has 0 saturated carbocycles. The first-order valence-corrected chi connectivity index (χ1v) is 10.0.